The molecule has 0 spiro atoms. The Balaban J connectivity index is 1.82. The molecule has 1 aliphatic rings. The molecule has 5 heteroatoms. The first-order chi connectivity index (χ1) is 8.16. The van der Waals surface area contributed by atoms with E-state index in [0.717, 1.165) is 25.7 Å². The van der Waals surface area contributed by atoms with E-state index in [9.17, 15) is 9.59 Å². The summed E-state index contributed by atoms with van der Waals surface area (Å²) in [7, 11) is 0. The maximum Gasteiger partial charge on any atom is 0.287 e. The zero-order chi connectivity index (χ0) is 12.3. The van der Waals surface area contributed by atoms with Crippen molar-refractivity contribution in [2.45, 2.75) is 31.7 Å². The number of carbonyl (C=O) groups is 2. The standard InChI is InChI=1S/C12H16N2O3/c13-11(15)8-3-5-9(6-4-8)14-12(16)10-2-1-7-17-10/h1-2,7-9H,3-6H2,(H2,13,15)(H,14,16). The number of rotatable bonds is 3. The highest BCUT2D eigenvalue weighted by molar-refractivity contribution is 5.91. The molecule has 1 heterocycles. The first kappa shape index (κ1) is 11.7. The number of primary amides is 1. The molecule has 1 saturated carbocycles. The lowest BCUT2D eigenvalue weighted by Gasteiger charge is -2.26. The Kier molecular flexibility index (Phi) is 3.46. The van der Waals surface area contributed by atoms with Crippen LogP contribution in [0.15, 0.2) is 22.8 Å². The highest BCUT2D eigenvalue weighted by Crippen LogP contribution is 2.24. The summed E-state index contributed by atoms with van der Waals surface area (Å²) in [6.45, 7) is 0. The van der Waals surface area contributed by atoms with E-state index in [0.29, 0.717) is 5.76 Å². The van der Waals surface area contributed by atoms with Gasteiger partial charge in [-0.05, 0) is 37.8 Å². The number of hydrogen-bond donors (Lipinski definition) is 2. The van der Waals surface area contributed by atoms with E-state index in [4.69, 9.17) is 10.2 Å². The van der Waals surface area contributed by atoms with Crippen LogP contribution in [0.2, 0.25) is 0 Å². The van der Waals surface area contributed by atoms with Crippen LogP contribution in [0.25, 0.3) is 0 Å². The molecule has 0 unspecified atom stereocenters. The van der Waals surface area contributed by atoms with Gasteiger partial charge in [-0.1, -0.05) is 0 Å². The van der Waals surface area contributed by atoms with Gasteiger partial charge in [0.25, 0.3) is 5.91 Å². The maximum absolute atomic E-state index is 11.7. The molecule has 17 heavy (non-hydrogen) atoms. The second-order valence-corrected chi connectivity index (χ2v) is 4.40. The van der Waals surface area contributed by atoms with Gasteiger partial charge in [-0.15, -0.1) is 0 Å². The molecule has 0 bridgehead atoms. The van der Waals surface area contributed by atoms with E-state index in [2.05, 4.69) is 5.32 Å². The molecule has 1 aromatic heterocycles. The molecule has 0 aromatic carbocycles. The minimum absolute atomic E-state index is 0.0354. The van der Waals surface area contributed by atoms with E-state index in [1.807, 2.05) is 0 Å². The fraction of sp³-hybridized carbons (Fsp3) is 0.500. The zero-order valence-electron chi connectivity index (χ0n) is 9.52. The van der Waals surface area contributed by atoms with Crippen molar-refractivity contribution in [2.24, 2.45) is 11.7 Å². The molecule has 0 atom stereocenters. The van der Waals surface area contributed by atoms with Crippen molar-refractivity contribution >= 4 is 11.8 Å². The Labute approximate surface area is 99.4 Å². The van der Waals surface area contributed by atoms with Crippen molar-refractivity contribution in [1.29, 1.82) is 0 Å². The van der Waals surface area contributed by atoms with Crippen molar-refractivity contribution in [3.05, 3.63) is 24.2 Å². The topological polar surface area (TPSA) is 85.3 Å². The van der Waals surface area contributed by atoms with E-state index in [1.165, 1.54) is 6.26 Å². The summed E-state index contributed by atoms with van der Waals surface area (Å²) in [5.74, 6) is -0.146. The van der Waals surface area contributed by atoms with Gasteiger partial charge in [0.2, 0.25) is 5.91 Å². The highest BCUT2D eigenvalue weighted by atomic mass is 16.3. The Morgan fingerprint density at radius 3 is 2.53 bits per heavy atom. The van der Waals surface area contributed by atoms with Crippen LogP contribution in [0, 0.1) is 5.92 Å². The van der Waals surface area contributed by atoms with E-state index >= 15 is 0 Å². The van der Waals surface area contributed by atoms with Crippen molar-refractivity contribution in [2.75, 3.05) is 0 Å². The van der Waals surface area contributed by atoms with Crippen molar-refractivity contribution < 1.29 is 14.0 Å². The third kappa shape index (κ3) is 2.87. The predicted molar refractivity (Wildman–Crippen MR) is 61.1 cm³/mol. The molecule has 0 saturated heterocycles. The lowest BCUT2D eigenvalue weighted by Crippen LogP contribution is -2.39. The van der Waals surface area contributed by atoms with Crippen molar-refractivity contribution in [3.63, 3.8) is 0 Å². The van der Waals surface area contributed by atoms with Crippen LogP contribution < -0.4 is 11.1 Å². The third-order valence-corrected chi connectivity index (χ3v) is 3.21. The van der Waals surface area contributed by atoms with Crippen LogP contribution in [-0.4, -0.2) is 17.9 Å². The van der Waals surface area contributed by atoms with Gasteiger partial charge in [-0.3, -0.25) is 9.59 Å². The molecule has 0 aliphatic heterocycles. The molecule has 1 fully saturated rings. The lowest BCUT2D eigenvalue weighted by atomic mass is 9.85. The molecule has 1 aliphatic carbocycles. The summed E-state index contributed by atoms with van der Waals surface area (Å²) in [5.41, 5.74) is 5.25. The van der Waals surface area contributed by atoms with Gasteiger partial charge >= 0.3 is 0 Å². The van der Waals surface area contributed by atoms with Gasteiger partial charge in [-0.2, -0.15) is 0 Å². The van der Waals surface area contributed by atoms with E-state index in [1.54, 1.807) is 12.1 Å². The van der Waals surface area contributed by atoms with Crippen molar-refractivity contribution in [3.8, 4) is 0 Å². The van der Waals surface area contributed by atoms with Crippen LogP contribution in [0.1, 0.15) is 36.2 Å². The van der Waals surface area contributed by atoms with Gasteiger partial charge < -0.3 is 15.5 Å². The first-order valence-corrected chi connectivity index (χ1v) is 5.80. The number of nitrogens with one attached hydrogen (secondary N) is 1. The zero-order valence-corrected chi connectivity index (χ0v) is 9.52. The predicted octanol–water partition coefficient (Wildman–Crippen LogP) is 1.05. The summed E-state index contributed by atoms with van der Waals surface area (Å²) >= 11 is 0. The summed E-state index contributed by atoms with van der Waals surface area (Å²) < 4.78 is 5.01. The first-order valence-electron chi connectivity index (χ1n) is 5.80. The van der Waals surface area contributed by atoms with Gasteiger partial charge in [0.15, 0.2) is 5.76 Å². The Bertz CT molecular complexity index is 392. The smallest absolute Gasteiger partial charge is 0.287 e. The number of nitrogens with two attached hydrogens (primary N) is 1. The Morgan fingerprint density at radius 2 is 2.00 bits per heavy atom. The van der Waals surface area contributed by atoms with Crippen molar-refractivity contribution in [1.82, 2.24) is 5.32 Å². The molecule has 1 aromatic rings. The van der Waals surface area contributed by atoms with Crippen LogP contribution in [0.3, 0.4) is 0 Å². The van der Waals surface area contributed by atoms with Crippen LogP contribution >= 0.6 is 0 Å². The fourth-order valence-electron chi connectivity index (χ4n) is 2.19. The van der Waals surface area contributed by atoms with Gasteiger partial charge in [0.05, 0.1) is 6.26 Å². The summed E-state index contributed by atoms with van der Waals surface area (Å²) in [5, 5.41) is 2.90. The Hall–Kier alpha value is -1.78. The third-order valence-electron chi connectivity index (χ3n) is 3.21. The van der Waals surface area contributed by atoms with Gasteiger partial charge in [0, 0.05) is 12.0 Å². The van der Waals surface area contributed by atoms with Gasteiger partial charge in [-0.25, -0.2) is 0 Å². The quantitative estimate of drug-likeness (QED) is 0.822. The molecule has 2 amide bonds. The molecular weight excluding hydrogens is 220 g/mol. The molecule has 2 rings (SSSR count). The van der Waals surface area contributed by atoms with Crippen LogP contribution in [-0.2, 0) is 4.79 Å². The summed E-state index contributed by atoms with van der Waals surface area (Å²) in [4.78, 5) is 22.7. The number of amides is 2. The summed E-state index contributed by atoms with van der Waals surface area (Å²) in [6.07, 6.45) is 4.55. The highest BCUT2D eigenvalue weighted by Gasteiger charge is 2.26. The largest absolute Gasteiger partial charge is 0.459 e. The van der Waals surface area contributed by atoms with E-state index in [-0.39, 0.29) is 23.8 Å². The second-order valence-electron chi connectivity index (χ2n) is 4.40. The molecular formula is C12H16N2O3. The average molecular weight is 236 g/mol. The Morgan fingerprint density at radius 1 is 1.29 bits per heavy atom. The SMILES string of the molecule is NC(=O)C1CCC(NC(=O)c2ccco2)CC1. The molecule has 0 radical (unpaired) electrons. The van der Waals surface area contributed by atoms with Gasteiger partial charge in [0.1, 0.15) is 0 Å². The van der Waals surface area contributed by atoms with Crippen LogP contribution in [0.4, 0.5) is 0 Å². The number of hydrogen-bond acceptors (Lipinski definition) is 3. The normalized spacial score (nSPS) is 24.2. The molecule has 3 N–H and O–H groups in total. The maximum atomic E-state index is 11.7. The second kappa shape index (κ2) is 5.03. The minimum atomic E-state index is -0.235. The summed E-state index contributed by atoms with van der Waals surface area (Å²) in [6, 6.07) is 3.42. The molecule has 5 nitrogen and oxygen atoms in total. The molecule has 92 valence electrons. The lowest BCUT2D eigenvalue weighted by molar-refractivity contribution is -0.122. The fourth-order valence-corrected chi connectivity index (χ4v) is 2.19. The average Bonchev–Trinajstić information content (AvgIpc) is 2.83. The monoisotopic (exact) mass is 236 g/mol. The van der Waals surface area contributed by atoms with E-state index < -0.39 is 0 Å². The van der Waals surface area contributed by atoms with Crippen LogP contribution in [0.5, 0.6) is 0 Å². The number of furan rings is 1. The minimum Gasteiger partial charge on any atom is -0.459 e. The number of carbonyl (C=O) groups excluding carboxylic acids is 2.